The van der Waals surface area contributed by atoms with Crippen molar-refractivity contribution in [1.82, 2.24) is 0 Å². The number of rotatable bonds is 6. The third kappa shape index (κ3) is 5.47. The molecule has 0 aromatic heterocycles. The molecule has 3 N–H and O–H groups in total. The maximum atomic E-state index is 10.5. The fourth-order valence-corrected chi connectivity index (χ4v) is 1.15. The minimum absolute atomic E-state index is 0.181. The van der Waals surface area contributed by atoms with Crippen LogP contribution in [0.1, 0.15) is 39.5 Å². The molecule has 0 radical (unpaired) electrons. The Morgan fingerprint density at radius 3 is 2.54 bits per heavy atom. The molecule has 0 spiro atoms. The van der Waals surface area contributed by atoms with Crippen LogP contribution in [0.5, 0.6) is 0 Å². The summed E-state index contributed by atoms with van der Waals surface area (Å²) in [6.45, 7) is 3.60. The zero-order valence-electron chi connectivity index (χ0n) is 8.38. The molecule has 0 aliphatic rings. The van der Waals surface area contributed by atoms with E-state index in [4.69, 9.17) is 15.6 Å². The van der Waals surface area contributed by atoms with E-state index in [1.807, 2.05) is 0 Å². The van der Waals surface area contributed by atoms with Crippen molar-refractivity contribution in [3.8, 4) is 0 Å². The summed E-state index contributed by atoms with van der Waals surface area (Å²) in [5, 5.41) is 9.00. The van der Waals surface area contributed by atoms with Crippen molar-refractivity contribution in [2.45, 2.75) is 45.1 Å². The fraction of sp³-hybridized carbons (Fsp3) is 0.889. The van der Waals surface area contributed by atoms with Crippen LogP contribution in [0, 0.1) is 0 Å². The largest absolute Gasteiger partial charge is 0.441 e. The van der Waals surface area contributed by atoms with Crippen molar-refractivity contribution >= 4 is 6.09 Å². The minimum Gasteiger partial charge on any atom is -0.441 e. The molecule has 0 saturated heterocycles. The summed E-state index contributed by atoms with van der Waals surface area (Å²) in [6, 6.07) is 0. The quantitative estimate of drug-likeness (QED) is 0.620. The van der Waals surface area contributed by atoms with Crippen LogP contribution in [-0.4, -0.2) is 23.4 Å². The molecule has 78 valence electrons. The Labute approximate surface area is 79.1 Å². The summed E-state index contributed by atoms with van der Waals surface area (Å²) < 4.78 is 4.82. The molecule has 0 fully saturated rings. The molecule has 0 heterocycles. The van der Waals surface area contributed by atoms with Crippen LogP contribution in [0.25, 0.3) is 0 Å². The topological polar surface area (TPSA) is 72.6 Å². The molecule has 0 bridgehead atoms. The van der Waals surface area contributed by atoms with Gasteiger partial charge in [0.05, 0.1) is 6.61 Å². The highest BCUT2D eigenvalue weighted by molar-refractivity contribution is 5.65. The predicted molar refractivity (Wildman–Crippen MR) is 50.3 cm³/mol. The van der Waals surface area contributed by atoms with Crippen molar-refractivity contribution in [3.63, 3.8) is 0 Å². The number of primary amides is 1. The summed E-state index contributed by atoms with van der Waals surface area (Å²) in [5.41, 5.74) is 4.08. The highest BCUT2D eigenvalue weighted by atomic mass is 16.6. The number of unbranched alkanes of at least 4 members (excludes halogenated alkanes) is 2. The van der Waals surface area contributed by atoms with Crippen LogP contribution in [0.15, 0.2) is 0 Å². The van der Waals surface area contributed by atoms with Gasteiger partial charge in [-0.3, -0.25) is 0 Å². The van der Waals surface area contributed by atoms with E-state index < -0.39 is 11.7 Å². The van der Waals surface area contributed by atoms with Crippen molar-refractivity contribution in [3.05, 3.63) is 0 Å². The molecule has 0 aliphatic heterocycles. The van der Waals surface area contributed by atoms with Crippen LogP contribution in [0.2, 0.25) is 0 Å². The van der Waals surface area contributed by atoms with Gasteiger partial charge in [0.1, 0.15) is 5.60 Å². The van der Waals surface area contributed by atoms with Crippen molar-refractivity contribution in [2.75, 3.05) is 6.61 Å². The van der Waals surface area contributed by atoms with Crippen LogP contribution in [0.4, 0.5) is 4.79 Å². The van der Waals surface area contributed by atoms with Gasteiger partial charge >= 0.3 is 6.09 Å². The molecule has 1 unspecified atom stereocenters. The maximum Gasteiger partial charge on any atom is 0.405 e. The maximum absolute atomic E-state index is 10.5. The second kappa shape index (κ2) is 5.80. The molecule has 0 aliphatic carbocycles. The number of carbonyl (C=O) groups is 1. The highest BCUT2D eigenvalue weighted by Gasteiger charge is 2.26. The Kier molecular flexibility index (Phi) is 5.46. The summed E-state index contributed by atoms with van der Waals surface area (Å²) in [4.78, 5) is 10.5. The first-order valence-corrected chi connectivity index (χ1v) is 4.63. The number of aliphatic hydroxyl groups is 1. The first kappa shape index (κ1) is 12.2. The van der Waals surface area contributed by atoms with Gasteiger partial charge in [0, 0.05) is 0 Å². The Morgan fingerprint density at radius 1 is 1.54 bits per heavy atom. The highest BCUT2D eigenvalue weighted by Crippen LogP contribution is 2.18. The van der Waals surface area contributed by atoms with Gasteiger partial charge in [-0.1, -0.05) is 19.8 Å². The number of carbonyl (C=O) groups excluding carboxylic acids is 1. The molecule has 0 aromatic rings. The SMILES string of the molecule is CCCCCC(C)(CO)OC(N)=O. The van der Waals surface area contributed by atoms with Crippen LogP contribution in [-0.2, 0) is 4.74 Å². The fourth-order valence-electron chi connectivity index (χ4n) is 1.15. The first-order valence-electron chi connectivity index (χ1n) is 4.63. The summed E-state index contributed by atoms with van der Waals surface area (Å²) in [5.74, 6) is 0. The van der Waals surface area contributed by atoms with Gasteiger partial charge in [0.25, 0.3) is 0 Å². The molecule has 4 nitrogen and oxygen atoms in total. The average Bonchev–Trinajstić information content (AvgIpc) is 2.04. The second-order valence-electron chi connectivity index (χ2n) is 3.49. The lowest BCUT2D eigenvalue weighted by atomic mass is 9.99. The lowest BCUT2D eigenvalue weighted by Crippen LogP contribution is -2.37. The Balaban J connectivity index is 3.88. The molecule has 0 aromatic carbocycles. The van der Waals surface area contributed by atoms with Gasteiger partial charge in [-0.15, -0.1) is 0 Å². The van der Waals surface area contributed by atoms with E-state index in [2.05, 4.69) is 6.92 Å². The lowest BCUT2D eigenvalue weighted by Gasteiger charge is -2.26. The normalized spacial score (nSPS) is 15.0. The van der Waals surface area contributed by atoms with Gasteiger partial charge in [-0.05, 0) is 19.8 Å². The van der Waals surface area contributed by atoms with Crippen LogP contribution < -0.4 is 5.73 Å². The Bertz CT molecular complexity index is 161. The molecule has 0 rings (SSSR count). The molecular weight excluding hydrogens is 170 g/mol. The number of nitrogens with two attached hydrogens (primary N) is 1. The van der Waals surface area contributed by atoms with E-state index in [1.165, 1.54) is 0 Å². The third-order valence-electron chi connectivity index (χ3n) is 1.99. The standard InChI is InChI=1S/C9H19NO3/c1-3-4-5-6-9(2,7-11)13-8(10)12/h11H,3-7H2,1-2H3,(H2,10,12). The van der Waals surface area contributed by atoms with Gasteiger partial charge in [-0.2, -0.15) is 0 Å². The molecule has 1 amide bonds. The molecular formula is C9H19NO3. The van der Waals surface area contributed by atoms with E-state index >= 15 is 0 Å². The summed E-state index contributed by atoms with van der Waals surface area (Å²) in [6.07, 6.45) is 2.92. The minimum atomic E-state index is -0.826. The Hall–Kier alpha value is -0.770. The summed E-state index contributed by atoms with van der Waals surface area (Å²) in [7, 11) is 0. The van der Waals surface area contributed by atoms with Crippen molar-refractivity contribution < 1.29 is 14.6 Å². The van der Waals surface area contributed by atoms with Crippen LogP contribution in [0.3, 0.4) is 0 Å². The molecule has 0 saturated carbocycles. The summed E-state index contributed by atoms with van der Waals surface area (Å²) >= 11 is 0. The van der Waals surface area contributed by atoms with Gasteiger partial charge in [0.2, 0.25) is 0 Å². The monoisotopic (exact) mass is 189 g/mol. The number of aliphatic hydroxyl groups excluding tert-OH is 1. The average molecular weight is 189 g/mol. The van der Waals surface area contributed by atoms with Gasteiger partial charge in [-0.25, -0.2) is 4.79 Å². The van der Waals surface area contributed by atoms with E-state index in [1.54, 1.807) is 6.92 Å². The molecule has 4 heteroatoms. The number of hydrogen-bond donors (Lipinski definition) is 2. The molecule has 13 heavy (non-hydrogen) atoms. The third-order valence-corrected chi connectivity index (χ3v) is 1.99. The lowest BCUT2D eigenvalue weighted by molar-refractivity contribution is -0.0199. The van der Waals surface area contributed by atoms with E-state index in [9.17, 15) is 4.79 Å². The second-order valence-corrected chi connectivity index (χ2v) is 3.49. The number of amides is 1. The predicted octanol–water partition coefficient (Wildman–Crippen LogP) is 1.41. The number of hydrogen-bond acceptors (Lipinski definition) is 3. The Morgan fingerprint density at radius 2 is 2.15 bits per heavy atom. The van der Waals surface area contributed by atoms with Gasteiger partial charge in [0.15, 0.2) is 0 Å². The zero-order valence-corrected chi connectivity index (χ0v) is 8.38. The number of ether oxygens (including phenoxy) is 1. The zero-order chi connectivity index (χ0) is 10.3. The first-order chi connectivity index (χ1) is 6.04. The van der Waals surface area contributed by atoms with Crippen LogP contribution >= 0.6 is 0 Å². The van der Waals surface area contributed by atoms with Crippen molar-refractivity contribution in [1.29, 1.82) is 0 Å². The smallest absolute Gasteiger partial charge is 0.405 e. The van der Waals surface area contributed by atoms with Gasteiger partial charge < -0.3 is 15.6 Å². The van der Waals surface area contributed by atoms with E-state index in [-0.39, 0.29) is 6.61 Å². The molecule has 1 atom stereocenters. The van der Waals surface area contributed by atoms with E-state index in [0.717, 1.165) is 19.3 Å². The van der Waals surface area contributed by atoms with Crippen molar-refractivity contribution in [2.24, 2.45) is 5.73 Å². The van der Waals surface area contributed by atoms with E-state index in [0.29, 0.717) is 6.42 Å².